The van der Waals surface area contributed by atoms with Crippen LogP contribution in [0.15, 0.2) is 33.3 Å². The molecule has 124 valence electrons. The summed E-state index contributed by atoms with van der Waals surface area (Å²) in [6, 6.07) is 3.04. The van der Waals surface area contributed by atoms with Crippen LogP contribution < -0.4 is 16.4 Å². The van der Waals surface area contributed by atoms with Crippen molar-refractivity contribution in [3.8, 4) is 0 Å². The zero-order chi connectivity index (χ0) is 17.3. The lowest BCUT2D eigenvalue weighted by Gasteiger charge is -2.10. The van der Waals surface area contributed by atoms with Crippen molar-refractivity contribution in [2.24, 2.45) is 0 Å². The summed E-state index contributed by atoms with van der Waals surface area (Å²) < 4.78 is 1.52. The number of H-pyrrole nitrogens is 1. The SMILES string of the molecule is Cc1nc2sccc2c(=O)n1CCNC(=O)c1c[nH]c(=O)c(Cl)c1. The van der Waals surface area contributed by atoms with Crippen LogP contribution in [0.1, 0.15) is 16.2 Å². The molecule has 0 aliphatic carbocycles. The summed E-state index contributed by atoms with van der Waals surface area (Å²) in [7, 11) is 0. The lowest BCUT2D eigenvalue weighted by molar-refractivity contribution is 0.0951. The van der Waals surface area contributed by atoms with Gasteiger partial charge in [-0.05, 0) is 24.4 Å². The van der Waals surface area contributed by atoms with Crippen molar-refractivity contribution in [3.05, 3.63) is 60.8 Å². The van der Waals surface area contributed by atoms with E-state index in [1.165, 1.54) is 28.2 Å². The fourth-order valence-electron chi connectivity index (χ4n) is 2.28. The van der Waals surface area contributed by atoms with Crippen LogP contribution in [0.4, 0.5) is 0 Å². The number of nitrogens with zero attached hydrogens (tertiary/aromatic N) is 2. The molecule has 2 N–H and O–H groups in total. The summed E-state index contributed by atoms with van der Waals surface area (Å²) in [4.78, 5) is 43.1. The molecular weight excluding hydrogens is 352 g/mol. The molecule has 3 rings (SSSR count). The Labute approximate surface area is 144 Å². The number of hydrogen-bond acceptors (Lipinski definition) is 5. The van der Waals surface area contributed by atoms with Gasteiger partial charge in [0.1, 0.15) is 15.7 Å². The number of aromatic nitrogens is 3. The Balaban J connectivity index is 1.72. The molecule has 0 saturated carbocycles. The number of fused-ring (bicyclic) bond motifs is 1. The Morgan fingerprint density at radius 3 is 3.00 bits per heavy atom. The first-order valence-electron chi connectivity index (χ1n) is 7.08. The van der Waals surface area contributed by atoms with Gasteiger partial charge in [-0.15, -0.1) is 11.3 Å². The summed E-state index contributed by atoms with van der Waals surface area (Å²) in [5.41, 5.74) is -0.333. The second-order valence-electron chi connectivity index (χ2n) is 5.08. The second-order valence-corrected chi connectivity index (χ2v) is 6.38. The second kappa shape index (κ2) is 6.58. The minimum absolute atomic E-state index is 0.0539. The monoisotopic (exact) mass is 364 g/mol. The molecule has 3 aromatic rings. The molecule has 0 unspecified atom stereocenters. The first kappa shape index (κ1) is 16.4. The topological polar surface area (TPSA) is 96.8 Å². The van der Waals surface area contributed by atoms with Gasteiger partial charge in [-0.2, -0.15) is 0 Å². The number of carbonyl (C=O) groups excluding carboxylic acids is 1. The van der Waals surface area contributed by atoms with Crippen molar-refractivity contribution in [2.75, 3.05) is 6.54 Å². The van der Waals surface area contributed by atoms with E-state index >= 15 is 0 Å². The third kappa shape index (κ3) is 3.10. The zero-order valence-electron chi connectivity index (χ0n) is 12.6. The number of pyridine rings is 1. The molecule has 0 radical (unpaired) electrons. The van der Waals surface area contributed by atoms with Gasteiger partial charge in [0, 0.05) is 19.3 Å². The molecule has 7 nitrogen and oxygen atoms in total. The van der Waals surface area contributed by atoms with Crippen molar-refractivity contribution in [1.29, 1.82) is 0 Å². The molecule has 0 saturated heterocycles. The van der Waals surface area contributed by atoms with Crippen molar-refractivity contribution >= 4 is 39.1 Å². The molecular formula is C15H13ClN4O3S. The fraction of sp³-hybridized carbons (Fsp3) is 0.200. The van der Waals surface area contributed by atoms with Gasteiger partial charge in [0.05, 0.1) is 10.9 Å². The first-order valence-corrected chi connectivity index (χ1v) is 8.34. The minimum Gasteiger partial charge on any atom is -0.350 e. The van der Waals surface area contributed by atoms with Gasteiger partial charge in [0.2, 0.25) is 0 Å². The lowest BCUT2D eigenvalue weighted by Crippen LogP contribution is -2.32. The highest BCUT2D eigenvalue weighted by Gasteiger charge is 2.11. The van der Waals surface area contributed by atoms with Gasteiger partial charge < -0.3 is 10.3 Å². The number of hydrogen-bond donors (Lipinski definition) is 2. The average molecular weight is 365 g/mol. The van der Waals surface area contributed by atoms with Gasteiger partial charge in [-0.3, -0.25) is 19.0 Å². The Morgan fingerprint density at radius 1 is 1.46 bits per heavy atom. The predicted octanol–water partition coefficient (Wildman–Crippen LogP) is 1.54. The van der Waals surface area contributed by atoms with E-state index in [1.807, 2.05) is 5.38 Å². The van der Waals surface area contributed by atoms with E-state index in [-0.39, 0.29) is 28.6 Å². The number of amides is 1. The molecule has 0 aliphatic rings. The number of carbonyl (C=O) groups is 1. The van der Waals surface area contributed by atoms with E-state index in [9.17, 15) is 14.4 Å². The van der Waals surface area contributed by atoms with E-state index in [2.05, 4.69) is 15.3 Å². The van der Waals surface area contributed by atoms with Crippen LogP contribution in [0, 0.1) is 6.92 Å². The third-order valence-corrected chi connectivity index (χ3v) is 4.60. The molecule has 9 heteroatoms. The third-order valence-electron chi connectivity index (χ3n) is 3.52. The normalized spacial score (nSPS) is 10.9. The largest absolute Gasteiger partial charge is 0.350 e. The van der Waals surface area contributed by atoms with Gasteiger partial charge in [0.25, 0.3) is 17.0 Å². The smallest absolute Gasteiger partial charge is 0.266 e. The van der Waals surface area contributed by atoms with Crippen LogP contribution in [0.5, 0.6) is 0 Å². The summed E-state index contributed by atoms with van der Waals surface area (Å²) >= 11 is 7.11. The standard InChI is InChI=1S/C15H13ClN4O3S/c1-8-19-14-10(2-5-24-14)15(23)20(8)4-3-17-12(21)9-6-11(16)13(22)18-7-9/h2,5-7H,3-4H2,1H3,(H,17,21)(H,18,22). The van der Waals surface area contributed by atoms with Gasteiger partial charge in [-0.1, -0.05) is 11.6 Å². The van der Waals surface area contributed by atoms with Crippen LogP contribution in [-0.4, -0.2) is 27.0 Å². The van der Waals surface area contributed by atoms with E-state index in [0.29, 0.717) is 22.6 Å². The quantitative estimate of drug-likeness (QED) is 0.733. The maximum absolute atomic E-state index is 12.4. The van der Waals surface area contributed by atoms with E-state index in [4.69, 9.17) is 11.6 Å². The molecule has 3 heterocycles. The van der Waals surface area contributed by atoms with Crippen molar-refractivity contribution in [2.45, 2.75) is 13.5 Å². The molecule has 0 fully saturated rings. The van der Waals surface area contributed by atoms with Crippen LogP contribution in [-0.2, 0) is 6.54 Å². The van der Waals surface area contributed by atoms with Crippen LogP contribution >= 0.6 is 22.9 Å². The maximum Gasteiger partial charge on any atom is 0.266 e. The zero-order valence-corrected chi connectivity index (χ0v) is 14.2. The number of thiophene rings is 1. The van der Waals surface area contributed by atoms with Crippen molar-refractivity contribution in [3.63, 3.8) is 0 Å². The highest BCUT2D eigenvalue weighted by atomic mass is 35.5. The highest BCUT2D eigenvalue weighted by molar-refractivity contribution is 7.16. The van der Waals surface area contributed by atoms with Gasteiger partial charge >= 0.3 is 0 Å². The number of aromatic amines is 1. The van der Waals surface area contributed by atoms with Crippen LogP contribution in [0.2, 0.25) is 5.02 Å². The van der Waals surface area contributed by atoms with Crippen molar-refractivity contribution < 1.29 is 4.79 Å². The highest BCUT2D eigenvalue weighted by Crippen LogP contribution is 2.14. The van der Waals surface area contributed by atoms with Crippen LogP contribution in [0.3, 0.4) is 0 Å². The molecule has 24 heavy (non-hydrogen) atoms. The Morgan fingerprint density at radius 2 is 2.25 bits per heavy atom. The van der Waals surface area contributed by atoms with Crippen molar-refractivity contribution in [1.82, 2.24) is 19.9 Å². The Kier molecular flexibility index (Phi) is 4.50. The van der Waals surface area contributed by atoms with E-state index < -0.39 is 5.56 Å². The molecule has 0 aromatic carbocycles. The summed E-state index contributed by atoms with van der Waals surface area (Å²) in [5, 5.41) is 5.03. The lowest BCUT2D eigenvalue weighted by atomic mass is 10.2. The molecule has 0 spiro atoms. The summed E-state index contributed by atoms with van der Waals surface area (Å²) in [6.07, 6.45) is 1.29. The molecule has 3 aromatic heterocycles. The van der Waals surface area contributed by atoms with E-state index in [0.717, 1.165) is 0 Å². The maximum atomic E-state index is 12.4. The van der Waals surface area contributed by atoms with Gasteiger partial charge in [-0.25, -0.2) is 4.98 Å². The van der Waals surface area contributed by atoms with Crippen LogP contribution in [0.25, 0.3) is 10.2 Å². The molecule has 0 atom stereocenters. The summed E-state index contributed by atoms with van der Waals surface area (Å²) in [6.45, 7) is 2.30. The fourth-order valence-corrected chi connectivity index (χ4v) is 3.26. The Bertz CT molecular complexity index is 1040. The minimum atomic E-state index is -0.453. The summed E-state index contributed by atoms with van der Waals surface area (Å²) in [5.74, 6) is 0.208. The molecule has 1 amide bonds. The number of halogens is 1. The number of aryl methyl sites for hydroxylation is 1. The number of rotatable bonds is 4. The predicted molar refractivity (Wildman–Crippen MR) is 93.0 cm³/mol. The average Bonchev–Trinajstić information content (AvgIpc) is 3.01. The van der Waals surface area contributed by atoms with E-state index in [1.54, 1.807) is 13.0 Å². The molecule has 0 bridgehead atoms. The molecule has 0 aliphatic heterocycles. The Hall–Kier alpha value is -2.45. The number of nitrogens with one attached hydrogen (secondary N) is 2. The van der Waals surface area contributed by atoms with Gasteiger partial charge in [0.15, 0.2) is 0 Å². The first-order chi connectivity index (χ1) is 11.5.